The molecule has 1 aromatic heterocycles. The molecule has 0 spiro atoms. The van der Waals surface area contributed by atoms with Gasteiger partial charge in [0, 0.05) is 0 Å². The number of alkyl halides is 3. The first kappa shape index (κ1) is 18.8. The Bertz CT molecular complexity index is 954. The van der Waals surface area contributed by atoms with Crippen molar-refractivity contribution < 1.29 is 17.6 Å². The van der Waals surface area contributed by atoms with Crippen LogP contribution < -0.4 is 10.6 Å². The summed E-state index contributed by atoms with van der Waals surface area (Å²) < 4.78 is 53.3. The molecule has 0 amide bonds. The highest BCUT2D eigenvalue weighted by Gasteiger charge is 2.30. The zero-order valence-corrected chi connectivity index (χ0v) is 14.5. The highest BCUT2D eigenvalue weighted by Crippen LogP contribution is 2.29. The molecule has 3 rings (SSSR count). The first-order valence-electron chi connectivity index (χ1n) is 7.69. The summed E-state index contributed by atoms with van der Waals surface area (Å²) in [4.78, 5) is 3.98. The van der Waals surface area contributed by atoms with Gasteiger partial charge in [-0.05, 0) is 42.0 Å². The molecule has 0 fully saturated rings. The Morgan fingerprint density at radius 2 is 1.85 bits per heavy atom. The summed E-state index contributed by atoms with van der Waals surface area (Å²) in [6.45, 7) is 0.103. The topological polar surface area (TPSA) is 54.8 Å². The Balaban J connectivity index is 1.63. The van der Waals surface area contributed by atoms with E-state index in [1.807, 2.05) is 0 Å². The fraction of sp³-hybridized carbons (Fsp3) is 0.118. The zero-order chi connectivity index (χ0) is 19.4. The van der Waals surface area contributed by atoms with Gasteiger partial charge >= 0.3 is 6.18 Å². The summed E-state index contributed by atoms with van der Waals surface area (Å²) in [7, 11) is 0. The van der Waals surface area contributed by atoms with Crippen molar-refractivity contribution in [1.29, 1.82) is 0 Å². The molecule has 0 aliphatic carbocycles. The van der Waals surface area contributed by atoms with Crippen LogP contribution in [0.3, 0.4) is 0 Å². The molecule has 27 heavy (non-hydrogen) atoms. The molecule has 0 atom stereocenters. The average Bonchev–Trinajstić information content (AvgIpc) is 3.03. The van der Waals surface area contributed by atoms with Crippen LogP contribution in [0.15, 0.2) is 54.9 Å². The summed E-state index contributed by atoms with van der Waals surface area (Å²) in [5.74, 6) is -0.333. The maximum atomic E-state index is 13.6. The van der Waals surface area contributed by atoms with Gasteiger partial charge in [0.2, 0.25) is 5.95 Å². The van der Waals surface area contributed by atoms with Crippen molar-refractivity contribution in [3.63, 3.8) is 0 Å². The third-order valence-corrected chi connectivity index (χ3v) is 3.69. The summed E-state index contributed by atoms with van der Waals surface area (Å²) in [6.07, 6.45) is -3.05. The molecule has 0 unspecified atom stereocenters. The normalized spacial score (nSPS) is 11.3. The number of nitrogens with one attached hydrogen (secondary N) is 2. The number of rotatable bonds is 4. The molecule has 140 valence electrons. The van der Waals surface area contributed by atoms with Gasteiger partial charge in [-0.25, -0.2) is 14.1 Å². The van der Waals surface area contributed by atoms with Gasteiger partial charge in [-0.15, -0.1) is 5.10 Å². The fourth-order valence-electron chi connectivity index (χ4n) is 2.28. The lowest BCUT2D eigenvalue weighted by molar-refractivity contribution is -0.137. The summed E-state index contributed by atoms with van der Waals surface area (Å²) >= 11 is 5.07. The largest absolute Gasteiger partial charge is 0.416 e. The minimum Gasteiger partial charge on any atom is -0.330 e. The predicted octanol–water partition coefficient (Wildman–Crippen LogP) is 4.29. The molecule has 0 aliphatic rings. The number of nitrogens with zero attached hydrogens (tertiary/aromatic N) is 3. The lowest BCUT2D eigenvalue weighted by Gasteiger charge is -2.09. The number of benzene rings is 2. The molecule has 1 heterocycles. The number of thiocarbonyl (C=S) groups is 1. The van der Waals surface area contributed by atoms with Gasteiger partial charge in [0.25, 0.3) is 0 Å². The summed E-state index contributed by atoms with van der Waals surface area (Å²) in [6, 6.07) is 11.0. The summed E-state index contributed by atoms with van der Waals surface area (Å²) in [5, 5.41) is 9.54. The van der Waals surface area contributed by atoms with E-state index in [4.69, 9.17) is 12.2 Å². The standard InChI is InChI=1S/C17H13F4N5S/c18-13-6-1-2-7-14(13)23-16(27)24-15-22-10-26(25-15)9-11-4-3-5-12(8-11)17(19,20)21/h1-8,10H,9H2,(H2,23,24,25,27). The van der Waals surface area contributed by atoms with Gasteiger partial charge in [-0.3, -0.25) is 5.32 Å². The van der Waals surface area contributed by atoms with E-state index in [0.717, 1.165) is 12.1 Å². The van der Waals surface area contributed by atoms with Crippen molar-refractivity contribution in [3.8, 4) is 0 Å². The Kier molecular flexibility index (Phi) is 5.36. The Morgan fingerprint density at radius 1 is 1.07 bits per heavy atom. The number of hydrogen-bond donors (Lipinski definition) is 2. The number of para-hydroxylation sites is 1. The minimum atomic E-state index is -4.41. The van der Waals surface area contributed by atoms with Crippen molar-refractivity contribution in [1.82, 2.24) is 14.8 Å². The molecular formula is C17H13F4N5S. The van der Waals surface area contributed by atoms with Crippen LogP contribution in [0.4, 0.5) is 29.2 Å². The minimum absolute atomic E-state index is 0.0805. The molecule has 0 aliphatic heterocycles. The smallest absolute Gasteiger partial charge is 0.330 e. The van der Waals surface area contributed by atoms with E-state index in [-0.39, 0.29) is 23.3 Å². The zero-order valence-electron chi connectivity index (χ0n) is 13.7. The molecule has 5 nitrogen and oxygen atoms in total. The van der Waals surface area contributed by atoms with Crippen molar-refractivity contribution in [2.24, 2.45) is 0 Å². The molecule has 0 saturated heterocycles. The second kappa shape index (κ2) is 7.70. The van der Waals surface area contributed by atoms with E-state index in [2.05, 4.69) is 20.7 Å². The van der Waals surface area contributed by atoms with Gasteiger partial charge in [-0.2, -0.15) is 13.2 Å². The molecule has 0 bridgehead atoms. The Labute approximate surface area is 157 Å². The summed E-state index contributed by atoms with van der Waals surface area (Å²) in [5.41, 5.74) is -0.111. The SMILES string of the molecule is Fc1ccccc1NC(=S)Nc1ncn(Cc2cccc(C(F)(F)F)c2)n1. The number of halogens is 4. The van der Waals surface area contributed by atoms with Crippen LogP contribution in [-0.4, -0.2) is 19.9 Å². The van der Waals surface area contributed by atoms with Crippen LogP contribution in [0.2, 0.25) is 0 Å². The third kappa shape index (κ3) is 5.00. The van der Waals surface area contributed by atoms with Crippen LogP contribution in [0.5, 0.6) is 0 Å². The molecule has 10 heteroatoms. The van der Waals surface area contributed by atoms with E-state index < -0.39 is 17.6 Å². The third-order valence-electron chi connectivity index (χ3n) is 3.48. The van der Waals surface area contributed by atoms with Crippen LogP contribution in [0, 0.1) is 5.82 Å². The monoisotopic (exact) mass is 395 g/mol. The number of aromatic nitrogens is 3. The maximum Gasteiger partial charge on any atom is 0.416 e. The quantitative estimate of drug-likeness (QED) is 0.510. The number of anilines is 2. The molecule has 0 radical (unpaired) electrons. The molecular weight excluding hydrogens is 382 g/mol. The maximum absolute atomic E-state index is 13.6. The first-order valence-corrected chi connectivity index (χ1v) is 8.10. The van der Waals surface area contributed by atoms with Crippen molar-refractivity contribution >= 4 is 29.0 Å². The lowest BCUT2D eigenvalue weighted by Crippen LogP contribution is -2.20. The van der Waals surface area contributed by atoms with E-state index >= 15 is 0 Å². The van der Waals surface area contributed by atoms with Crippen LogP contribution in [0.1, 0.15) is 11.1 Å². The van der Waals surface area contributed by atoms with Gasteiger partial charge < -0.3 is 5.32 Å². The second-order valence-electron chi connectivity index (χ2n) is 5.52. The second-order valence-corrected chi connectivity index (χ2v) is 5.93. The van der Waals surface area contributed by atoms with Crippen LogP contribution in [0.25, 0.3) is 0 Å². The van der Waals surface area contributed by atoms with Crippen molar-refractivity contribution in [2.75, 3.05) is 10.6 Å². The van der Waals surface area contributed by atoms with E-state index in [1.165, 1.54) is 29.2 Å². The Hall–Kier alpha value is -3.01. The predicted molar refractivity (Wildman–Crippen MR) is 96.8 cm³/mol. The van der Waals surface area contributed by atoms with Crippen molar-refractivity contribution in [3.05, 3.63) is 71.8 Å². The van der Waals surface area contributed by atoms with Crippen LogP contribution >= 0.6 is 12.2 Å². The molecule has 2 N–H and O–H groups in total. The molecule has 2 aromatic carbocycles. The molecule has 3 aromatic rings. The average molecular weight is 395 g/mol. The van der Waals surface area contributed by atoms with Crippen molar-refractivity contribution in [2.45, 2.75) is 12.7 Å². The number of hydrogen-bond acceptors (Lipinski definition) is 3. The lowest BCUT2D eigenvalue weighted by atomic mass is 10.1. The van der Waals surface area contributed by atoms with Crippen LogP contribution in [-0.2, 0) is 12.7 Å². The molecule has 0 saturated carbocycles. The fourth-order valence-corrected chi connectivity index (χ4v) is 2.48. The van der Waals surface area contributed by atoms with Gasteiger partial charge in [-0.1, -0.05) is 24.3 Å². The highest BCUT2D eigenvalue weighted by atomic mass is 32.1. The Morgan fingerprint density at radius 3 is 2.59 bits per heavy atom. The van der Waals surface area contributed by atoms with Gasteiger partial charge in [0.1, 0.15) is 12.1 Å². The van der Waals surface area contributed by atoms with Gasteiger partial charge in [0.05, 0.1) is 17.8 Å². The first-order chi connectivity index (χ1) is 12.8. The van der Waals surface area contributed by atoms with E-state index in [9.17, 15) is 17.6 Å². The van der Waals surface area contributed by atoms with E-state index in [1.54, 1.807) is 18.2 Å². The highest BCUT2D eigenvalue weighted by molar-refractivity contribution is 7.80. The van der Waals surface area contributed by atoms with Gasteiger partial charge in [0.15, 0.2) is 5.11 Å². The van der Waals surface area contributed by atoms with E-state index in [0.29, 0.717) is 5.56 Å².